The lowest BCUT2D eigenvalue weighted by Gasteiger charge is -2.20. The Hall–Kier alpha value is -9.43. The molecule has 0 fully saturated rings. The molecule has 0 atom stereocenters. The standard InChI is InChI=1S/C71H53F3N4/c1-40-9-17-56(44(5)25-40)49-13-21-65-61(32-49)62-33-50(57-18-10-41(2)26-45(57)6)14-22-66(62)77(65)69-36-54(39-76)60(53-29-48(38-75)30-55(31-53)71(72,73)74)37-70(69)78-67-23-15-51(58-19-11-42(3)27-46(58)7)34-63(67)64-35-52(16-24-68(64)78)59-20-12-43(4)28-47(59)8/h9-37H,1-8H3. The van der Waals surface area contributed by atoms with Crippen LogP contribution in [0.5, 0.6) is 0 Å². The third-order valence-electron chi connectivity index (χ3n) is 15.7. The minimum Gasteiger partial charge on any atom is -0.307 e. The highest BCUT2D eigenvalue weighted by Crippen LogP contribution is 2.45. The molecule has 0 radical (unpaired) electrons. The molecule has 7 heteroatoms. The van der Waals surface area contributed by atoms with E-state index in [1.54, 1.807) is 0 Å². The molecule has 0 spiro atoms. The predicted octanol–water partition coefficient (Wildman–Crippen LogP) is 19.4. The van der Waals surface area contributed by atoms with E-state index in [2.05, 4.69) is 216 Å². The summed E-state index contributed by atoms with van der Waals surface area (Å²) in [5.74, 6) is 0. The molecule has 2 aromatic heterocycles. The molecule has 0 aliphatic rings. The smallest absolute Gasteiger partial charge is 0.307 e. The molecule has 12 aromatic rings. The van der Waals surface area contributed by atoms with Gasteiger partial charge in [-0.05, 0) is 207 Å². The van der Waals surface area contributed by atoms with Crippen LogP contribution in [0.4, 0.5) is 13.2 Å². The highest BCUT2D eigenvalue weighted by Gasteiger charge is 2.32. The van der Waals surface area contributed by atoms with Gasteiger partial charge in [-0.2, -0.15) is 23.7 Å². The van der Waals surface area contributed by atoms with Gasteiger partial charge in [0, 0.05) is 27.1 Å². The van der Waals surface area contributed by atoms with Gasteiger partial charge in [-0.15, -0.1) is 0 Å². The summed E-state index contributed by atoms with van der Waals surface area (Å²) < 4.78 is 48.7. The van der Waals surface area contributed by atoms with Gasteiger partial charge >= 0.3 is 6.18 Å². The monoisotopic (exact) mass is 1020 g/mol. The van der Waals surface area contributed by atoms with Crippen molar-refractivity contribution < 1.29 is 13.2 Å². The summed E-state index contributed by atoms with van der Waals surface area (Å²) in [5.41, 5.74) is 22.2. The fourth-order valence-corrected chi connectivity index (χ4v) is 12.1. The second kappa shape index (κ2) is 18.7. The molecule has 0 bridgehead atoms. The van der Waals surface area contributed by atoms with E-state index in [0.717, 1.165) is 123 Å². The van der Waals surface area contributed by atoms with Crippen LogP contribution in [0.15, 0.2) is 176 Å². The molecule has 78 heavy (non-hydrogen) atoms. The first-order valence-corrected chi connectivity index (χ1v) is 26.1. The molecule has 0 saturated heterocycles. The van der Waals surface area contributed by atoms with Crippen molar-refractivity contribution in [2.24, 2.45) is 0 Å². The van der Waals surface area contributed by atoms with E-state index in [1.165, 1.54) is 28.3 Å². The summed E-state index contributed by atoms with van der Waals surface area (Å²) in [4.78, 5) is 0. The van der Waals surface area contributed by atoms with Crippen LogP contribution in [0.3, 0.4) is 0 Å². The quantitative estimate of drug-likeness (QED) is 0.160. The zero-order chi connectivity index (χ0) is 54.5. The SMILES string of the molecule is Cc1ccc(-c2ccc3c(c2)c2cc(-c4ccc(C)cc4C)ccc2n3-c2cc(C#N)c(-c3cc(C#N)cc(C(F)(F)F)c3)cc2-n2c3ccc(-c4ccc(C)cc4C)cc3c3cc(-c4ccc(C)cc4C)ccc32)c(C)c1. The number of halogens is 3. The molecule has 0 N–H and O–H groups in total. The van der Waals surface area contributed by atoms with Crippen LogP contribution >= 0.6 is 0 Å². The summed E-state index contributed by atoms with van der Waals surface area (Å²) in [7, 11) is 0. The maximum absolute atomic E-state index is 14.8. The number of hydrogen-bond acceptors (Lipinski definition) is 2. The first-order valence-electron chi connectivity index (χ1n) is 26.1. The molecule has 0 amide bonds. The molecule has 0 aliphatic heterocycles. The highest BCUT2D eigenvalue weighted by molar-refractivity contribution is 6.14. The number of aryl methyl sites for hydroxylation is 8. The third-order valence-corrected chi connectivity index (χ3v) is 15.7. The molecule has 0 saturated carbocycles. The first-order chi connectivity index (χ1) is 37.5. The van der Waals surface area contributed by atoms with Gasteiger partial charge in [0.25, 0.3) is 0 Å². The van der Waals surface area contributed by atoms with Crippen molar-refractivity contribution in [3.63, 3.8) is 0 Å². The molecule has 12 rings (SSSR count). The number of benzene rings is 10. The Bertz CT molecular complexity index is 4390. The van der Waals surface area contributed by atoms with Gasteiger partial charge in [-0.3, -0.25) is 0 Å². The number of alkyl halides is 3. The summed E-state index contributed by atoms with van der Waals surface area (Å²) >= 11 is 0. The average Bonchev–Trinajstić information content (AvgIpc) is 4.03. The van der Waals surface area contributed by atoms with Gasteiger partial charge in [0.2, 0.25) is 0 Å². The molecular formula is C71H53F3N4. The largest absolute Gasteiger partial charge is 0.416 e. The Balaban J connectivity index is 1.23. The van der Waals surface area contributed by atoms with Crippen molar-refractivity contribution in [3.8, 4) is 79.1 Å². The Morgan fingerprint density at radius 2 is 0.679 bits per heavy atom. The van der Waals surface area contributed by atoms with Gasteiger partial charge in [-0.1, -0.05) is 119 Å². The van der Waals surface area contributed by atoms with Gasteiger partial charge in [-0.25, -0.2) is 0 Å². The van der Waals surface area contributed by atoms with Crippen molar-refractivity contribution in [3.05, 3.63) is 237 Å². The summed E-state index contributed by atoms with van der Waals surface area (Å²) in [5, 5.41) is 25.4. The number of nitrogens with zero attached hydrogens (tertiary/aromatic N) is 4. The summed E-state index contributed by atoms with van der Waals surface area (Å²) in [6.45, 7) is 16.9. The van der Waals surface area contributed by atoms with E-state index in [9.17, 15) is 23.7 Å². The van der Waals surface area contributed by atoms with Crippen LogP contribution in [-0.4, -0.2) is 9.13 Å². The Morgan fingerprint density at radius 1 is 0.333 bits per heavy atom. The minimum atomic E-state index is -4.75. The third kappa shape index (κ3) is 8.40. The lowest BCUT2D eigenvalue weighted by molar-refractivity contribution is -0.137. The van der Waals surface area contributed by atoms with Crippen molar-refractivity contribution in [2.45, 2.75) is 61.6 Å². The second-order valence-corrected chi connectivity index (χ2v) is 21.3. The van der Waals surface area contributed by atoms with Crippen LogP contribution < -0.4 is 0 Å². The zero-order valence-electron chi connectivity index (χ0n) is 44.7. The van der Waals surface area contributed by atoms with E-state index in [0.29, 0.717) is 11.4 Å². The fourth-order valence-electron chi connectivity index (χ4n) is 12.1. The lowest BCUT2D eigenvalue weighted by atomic mass is 9.94. The Kier molecular flexibility index (Phi) is 11.8. The topological polar surface area (TPSA) is 57.4 Å². The van der Waals surface area contributed by atoms with Crippen molar-refractivity contribution in [1.82, 2.24) is 9.13 Å². The van der Waals surface area contributed by atoms with Gasteiger partial charge < -0.3 is 9.13 Å². The summed E-state index contributed by atoms with van der Waals surface area (Å²) in [6.07, 6.45) is -4.75. The van der Waals surface area contributed by atoms with Crippen LogP contribution in [0, 0.1) is 78.1 Å². The molecule has 10 aromatic carbocycles. The van der Waals surface area contributed by atoms with E-state index in [4.69, 9.17) is 0 Å². The fraction of sp³-hybridized carbons (Fsp3) is 0.127. The number of nitriles is 2. The van der Waals surface area contributed by atoms with E-state index in [-0.39, 0.29) is 22.3 Å². The first kappa shape index (κ1) is 49.4. The van der Waals surface area contributed by atoms with E-state index >= 15 is 0 Å². The predicted molar refractivity (Wildman–Crippen MR) is 315 cm³/mol. The summed E-state index contributed by atoms with van der Waals surface area (Å²) in [6, 6.07) is 63.5. The van der Waals surface area contributed by atoms with Crippen molar-refractivity contribution in [2.75, 3.05) is 0 Å². The molecule has 2 heterocycles. The van der Waals surface area contributed by atoms with Crippen LogP contribution in [-0.2, 0) is 6.18 Å². The van der Waals surface area contributed by atoms with Crippen LogP contribution in [0.25, 0.3) is 111 Å². The zero-order valence-corrected chi connectivity index (χ0v) is 44.7. The lowest BCUT2D eigenvalue weighted by Crippen LogP contribution is -2.07. The molecular weight excluding hydrogens is 966 g/mol. The average molecular weight is 1020 g/mol. The van der Waals surface area contributed by atoms with E-state index in [1.807, 2.05) is 18.2 Å². The van der Waals surface area contributed by atoms with Crippen molar-refractivity contribution in [1.29, 1.82) is 10.5 Å². The minimum absolute atomic E-state index is 0.110. The maximum Gasteiger partial charge on any atom is 0.416 e. The molecule has 4 nitrogen and oxygen atoms in total. The normalized spacial score (nSPS) is 11.8. The van der Waals surface area contributed by atoms with Crippen molar-refractivity contribution >= 4 is 43.6 Å². The molecule has 378 valence electrons. The van der Waals surface area contributed by atoms with Gasteiger partial charge in [0.15, 0.2) is 0 Å². The number of fused-ring (bicyclic) bond motifs is 6. The van der Waals surface area contributed by atoms with Crippen LogP contribution in [0.1, 0.15) is 61.2 Å². The van der Waals surface area contributed by atoms with E-state index < -0.39 is 11.7 Å². The van der Waals surface area contributed by atoms with Gasteiger partial charge in [0.1, 0.15) is 0 Å². The second-order valence-electron chi connectivity index (χ2n) is 21.3. The van der Waals surface area contributed by atoms with Crippen LogP contribution in [0.2, 0.25) is 0 Å². The Labute approximate surface area is 452 Å². The number of hydrogen-bond donors (Lipinski definition) is 0. The molecule has 0 aliphatic carbocycles. The Morgan fingerprint density at radius 3 is 0.987 bits per heavy atom. The number of aromatic nitrogens is 2. The molecule has 0 unspecified atom stereocenters. The highest BCUT2D eigenvalue weighted by atomic mass is 19.4. The maximum atomic E-state index is 14.8. The van der Waals surface area contributed by atoms with Gasteiger partial charge in [0.05, 0.1) is 62.3 Å². The number of rotatable bonds is 7.